The normalized spacial score (nSPS) is 13.7. The molecule has 1 N–H and O–H groups in total. The van der Waals surface area contributed by atoms with Gasteiger partial charge >= 0.3 is 5.97 Å². The van der Waals surface area contributed by atoms with Crippen LogP contribution in [0.3, 0.4) is 0 Å². The average molecular weight is 229 g/mol. The fraction of sp³-hybridized carbons (Fsp3) is 0.300. The Morgan fingerprint density at radius 3 is 2.93 bits per heavy atom. The summed E-state index contributed by atoms with van der Waals surface area (Å²) >= 11 is 5.91. The molecule has 0 aliphatic carbocycles. The zero-order chi connectivity index (χ0) is 11.0. The number of aromatic carboxylic acids is 1. The highest BCUT2D eigenvalue weighted by Gasteiger charge is 2.26. The number of halogens is 1. The first kappa shape index (κ1) is 10.3. The standard InChI is InChI=1S/C10H9ClO4/c1-14-9-7(11)2-5-3-15-4-6(5)8(9)10(12)13/h2H,3-4H2,1H3,(H,12,13). The summed E-state index contributed by atoms with van der Waals surface area (Å²) in [7, 11) is 1.40. The van der Waals surface area contributed by atoms with E-state index in [9.17, 15) is 4.79 Å². The highest BCUT2D eigenvalue weighted by Crippen LogP contribution is 2.36. The lowest BCUT2D eigenvalue weighted by atomic mass is 10.0. The van der Waals surface area contributed by atoms with Crippen LogP contribution in [-0.4, -0.2) is 18.2 Å². The van der Waals surface area contributed by atoms with Crippen LogP contribution in [0.4, 0.5) is 0 Å². The van der Waals surface area contributed by atoms with Crippen molar-refractivity contribution >= 4 is 17.6 Å². The van der Waals surface area contributed by atoms with Gasteiger partial charge in [0.1, 0.15) is 5.56 Å². The van der Waals surface area contributed by atoms with E-state index in [0.717, 1.165) is 5.56 Å². The third kappa shape index (κ3) is 1.56. The monoisotopic (exact) mass is 228 g/mol. The molecular formula is C10H9ClO4. The number of carboxylic acids is 1. The zero-order valence-electron chi connectivity index (χ0n) is 8.04. The van der Waals surface area contributed by atoms with Crippen LogP contribution in [0, 0.1) is 0 Å². The van der Waals surface area contributed by atoms with Gasteiger partial charge in [-0.25, -0.2) is 4.79 Å². The second kappa shape index (κ2) is 3.72. The van der Waals surface area contributed by atoms with Gasteiger partial charge < -0.3 is 14.6 Å². The maximum Gasteiger partial charge on any atom is 0.339 e. The van der Waals surface area contributed by atoms with Crippen LogP contribution < -0.4 is 4.74 Å². The Bertz CT molecular complexity index is 424. The number of benzene rings is 1. The fourth-order valence-electron chi connectivity index (χ4n) is 1.71. The van der Waals surface area contributed by atoms with Crippen molar-refractivity contribution in [2.45, 2.75) is 13.2 Å². The molecule has 1 aromatic carbocycles. The number of carbonyl (C=O) groups is 1. The van der Waals surface area contributed by atoms with E-state index in [1.807, 2.05) is 0 Å². The number of hydrogen-bond acceptors (Lipinski definition) is 3. The summed E-state index contributed by atoms with van der Waals surface area (Å²) in [4.78, 5) is 11.1. The summed E-state index contributed by atoms with van der Waals surface area (Å²) in [5.74, 6) is -0.843. The van der Waals surface area contributed by atoms with Crippen molar-refractivity contribution in [3.63, 3.8) is 0 Å². The minimum atomic E-state index is -1.05. The van der Waals surface area contributed by atoms with Gasteiger partial charge in [0.15, 0.2) is 5.75 Å². The lowest BCUT2D eigenvalue weighted by Gasteiger charge is -2.10. The number of ether oxygens (including phenoxy) is 2. The molecule has 0 spiro atoms. The summed E-state index contributed by atoms with van der Waals surface area (Å²) in [6, 6.07) is 1.69. The molecule has 0 radical (unpaired) electrons. The van der Waals surface area contributed by atoms with E-state index in [1.165, 1.54) is 7.11 Å². The predicted molar refractivity (Wildman–Crippen MR) is 53.5 cm³/mol. The lowest BCUT2D eigenvalue weighted by molar-refractivity contribution is 0.0688. The smallest absolute Gasteiger partial charge is 0.339 e. The first-order valence-electron chi connectivity index (χ1n) is 4.34. The van der Waals surface area contributed by atoms with E-state index >= 15 is 0 Å². The van der Waals surface area contributed by atoms with Gasteiger partial charge in [0.25, 0.3) is 0 Å². The molecule has 0 unspecified atom stereocenters. The number of fused-ring (bicyclic) bond motifs is 1. The summed E-state index contributed by atoms with van der Waals surface area (Å²) < 4.78 is 10.2. The average Bonchev–Trinajstić information content (AvgIpc) is 2.62. The van der Waals surface area contributed by atoms with Crippen molar-refractivity contribution in [2.24, 2.45) is 0 Å². The van der Waals surface area contributed by atoms with Crippen molar-refractivity contribution in [1.82, 2.24) is 0 Å². The molecule has 15 heavy (non-hydrogen) atoms. The molecule has 0 amide bonds. The van der Waals surface area contributed by atoms with E-state index in [4.69, 9.17) is 26.2 Å². The van der Waals surface area contributed by atoms with Crippen LogP contribution in [0.1, 0.15) is 21.5 Å². The number of hydrogen-bond donors (Lipinski definition) is 1. The highest BCUT2D eigenvalue weighted by molar-refractivity contribution is 6.32. The van der Waals surface area contributed by atoms with Crippen LogP contribution in [0.15, 0.2) is 6.07 Å². The predicted octanol–water partition coefficient (Wildman–Crippen LogP) is 2.08. The van der Waals surface area contributed by atoms with Gasteiger partial charge in [-0.05, 0) is 11.6 Å². The quantitative estimate of drug-likeness (QED) is 0.842. The lowest BCUT2D eigenvalue weighted by Crippen LogP contribution is -2.06. The Hall–Kier alpha value is -1.26. The molecule has 1 aliphatic rings. The Kier molecular flexibility index (Phi) is 2.54. The highest BCUT2D eigenvalue weighted by atomic mass is 35.5. The molecule has 1 aromatic rings. The van der Waals surface area contributed by atoms with Crippen LogP contribution in [0.5, 0.6) is 5.75 Å². The second-order valence-electron chi connectivity index (χ2n) is 3.20. The Morgan fingerprint density at radius 2 is 2.33 bits per heavy atom. The van der Waals surface area contributed by atoms with Crippen LogP contribution in [0.2, 0.25) is 5.02 Å². The van der Waals surface area contributed by atoms with Gasteiger partial charge in [-0.15, -0.1) is 0 Å². The molecule has 2 rings (SSSR count). The Labute approximate surface area is 91.4 Å². The molecule has 0 bridgehead atoms. The Morgan fingerprint density at radius 1 is 1.60 bits per heavy atom. The zero-order valence-corrected chi connectivity index (χ0v) is 8.80. The van der Waals surface area contributed by atoms with E-state index in [2.05, 4.69) is 0 Å². The Balaban J connectivity index is 2.71. The third-order valence-electron chi connectivity index (χ3n) is 2.36. The molecule has 80 valence electrons. The van der Waals surface area contributed by atoms with E-state index in [0.29, 0.717) is 23.8 Å². The van der Waals surface area contributed by atoms with Crippen LogP contribution in [-0.2, 0) is 18.0 Å². The molecule has 0 fully saturated rings. The molecule has 4 nitrogen and oxygen atoms in total. The molecule has 0 atom stereocenters. The van der Waals surface area contributed by atoms with E-state index < -0.39 is 5.97 Å². The van der Waals surface area contributed by atoms with Crippen molar-refractivity contribution in [3.05, 3.63) is 27.8 Å². The van der Waals surface area contributed by atoms with Gasteiger partial charge in [0.2, 0.25) is 0 Å². The molecule has 0 saturated heterocycles. The molecular weight excluding hydrogens is 220 g/mol. The first-order chi connectivity index (χ1) is 7.15. The van der Waals surface area contributed by atoms with Crippen molar-refractivity contribution in [2.75, 3.05) is 7.11 Å². The maximum absolute atomic E-state index is 11.1. The second-order valence-corrected chi connectivity index (χ2v) is 3.61. The minimum Gasteiger partial charge on any atom is -0.494 e. The fourth-order valence-corrected chi connectivity index (χ4v) is 2.01. The summed E-state index contributed by atoms with van der Waals surface area (Å²) in [6.45, 7) is 0.698. The molecule has 5 heteroatoms. The molecule has 1 heterocycles. The number of methoxy groups -OCH3 is 1. The number of carboxylic acid groups (broad SMARTS) is 1. The summed E-state index contributed by atoms with van der Waals surface area (Å²) in [6.07, 6.45) is 0. The van der Waals surface area contributed by atoms with Gasteiger partial charge in [0, 0.05) is 5.56 Å². The summed E-state index contributed by atoms with van der Waals surface area (Å²) in [5.41, 5.74) is 1.58. The van der Waals surface area contributed by atoms with Crippen LogP contribution >= 0.6 is 11.6 Å². The minimum absolute atomic E-state index is 0.109. The van der Waals surface area contributed by atoms with Crippen molar-refractivity contribution in [3.8, 4) is 5.75 Å². The molecule has 1 aliphatic heterocycles. The van der Waals surface area contributed by atoms with E-state index in [1.54, 1.807) is 6.07 Å². The molecule has 0 aromatic heterocycles. The van der Waals surface area contributed by atoms with E-state index in [-0.39, 0.29) is 11.3 Å². The van der Waals surface area contributed by atoms with Gasteiger partial charge in [-0.1, -0.05) is 11.6 Å². The first-order valence-corrected chi connectivity index (χ1v) is 4.72. The maximum atomic E-state index is 11.1. The van der Waals surface area contributed by atoms with Gasteiger partial charge in [-0.3, -0.25) is 0 Å². The number of rotatable bonds is 2. The largest absolute Gasteiger partial charge is 0.494 e. The van der Waals surface area contributed by atoms with Gasteiger partial charge in [0.05, 0.1) is 25.3 Å². The van der Waals surface area contributed by atoms with Crippen molar-refractivity contribution in [1.29, 1.82) is 0 Å². The SMILES string of the molecule is COc1c(Cl)cc2c(c1C(=O)O)COC2. The summed E-state index contributed by atoms with van der Waals surface area (Å²) in [5, 5.41) is 9.40. The van der Waals surface area contributed by atoms with Gasteiger partial charge in [-0.2, -0.15) is 0 Å². The molecule has 0 saturated carbocycles. The van der Waals surface area contributed by atoms with Crippen molar-refractivity contribution < 1.29 is 19.4 Å². The third-order valence-corrected chi connectivity index (χ3v) is 2.64. The van der Waals surface area contributed by atoms with Crippen LogP contribution in [0.25, 0.3) is 0 Å². The topological polar surface area (TPSA) is 55.8 Å².